The summed E-state index contributed by atoms with van der Waals surface area (Å²) in [5, 5.41) is 4.78. The summed E-state index contributed by atoms with van der Waals surface area (Å²) in [6, 6.07) is 37.2. The van der Waals surface area contributed by atoms with Crippen LogP contribution < -0.4 is 19.7 Å². The van der Waals surface area contributed by atoms with Gasteiger partial charge in [0.1, 0.15) is 23.0 Å². The maximum atomic E-state index is 12.7. The van der Waals surface area contributed by atoms with Crippen molar-refractivity contribution >= 4 is 39.9 Å². The second-order valence-electron chi connectivity index (χ2n) is 10.1. The molecule has 1 N–H and O–H groups in total. The lowest BCUT2D eigenvalue weighted by Crippen LogP contribution is -2.28. The van der Waals surface area contributed by atoms with Gasteiger partial charge < -0.3 is 24.4 Å². The van der Waals surface area contributed by atoms with Crippen molar-refractivity contribution in [1.82, 2.24) is 0 Å². The zero-order valence-electron chi connectivity index (χ0n) is 23.1. The van der Waals surface area contributed by atoms with Gasteiger partial charge in [0.15, 0.2) is 6.61 Å². The lowest BCUT2D eigenvalue weighted by Gasteiger charge is -2.17. The van der Waals surface area contributed by atoms with Gasteiger partial charge >= 0.3 is 5.97 Å². The van der Waals surface area contributed by atoms with E-state index in [1.807, 2.05) is 72.8 Å². The number of ether oxygens (including phenoxy) is 3. The SMILES string of the molecule is O=C(COC(=O)[C@@H]1CC(=O)N(c2ccc(Oc3cccc4ccccc34)cc2)C1)Nc1ccc(Oc2ccccc2)cc1. The smallest absolute Gasteiger partial charge is 0.311 e. The van der Waals surface area contributed by atoms with E-state index >= 15 is 0 Å². The number of esters is 1. The van der Waals surface area contributed by atoms with Crippen LogP contribution >= 0.6 is 0 Å². The number of para-hydroxylation sites is 1. The fraction of sp³-hybridized carbons (Fsp3) is 0.114. The molecule has 1 aliphatic heterocycles. The van der Waals surface area contributed by atoms with Crippen molar-refractivity contribution in [2.24, 2.45) is 5.92 Å². The van der Waals surface area contributed by atoms with Crippen molar-refractivity contribution in [3.8, 4) is 23.0 Å². The van der Waals surface area contributed by atoms with Gasteiger partial charge in [-0.3, -0.25) is 14.4 Å². The molecule has 1 fully saturated rings. The molecule has 1 saturated heterocycles. The van der Waals surface area contributed by atoms with Crippen LogP contribution in [0.1, 0.15) is 6.42 Å². The maximum absolute atomic E-state index is 12.7. The second-order valence-corrected chi connectivity index (χ2v) is 10.1. The number of carbonyl (C=O) groups excluding carboxylic acids is 3. The Labute approximate surface area is 248 Å². The van der Waals surface area contributed by atoms with E-state index in [1.165, 1.54) is 0 Å². The van der Waals surface area contributed by atoms with E-state index in [1.54, 1.807) is 53.4 Å². The predicted octanol–water partition coefficient (Wildman–Crippen LogP) is 6.96. The minimum absolute atomic E-state index is 0.0115. The molecule has 43 heavy (non-hydrogen) atoms. The van der Waals surface area contributed by atoms with Gasteiger partial charge in [0, 0.05) is 29.7 Å². The van der Waals surface area contributed by atoms with Gasteiger partial charge in [0.05, 0.1) is 5.92 Å². The average Bonchev–Trinajstić information content (AvgIpc) is 3.43. The van der Waals surface area contributed by atoms with Crippen molar-refractivity contribution < 1.29 is 28.6 Å². The number of hydrogen-bond acceptors (Lipinski definition) is 6. The molecule has 6 rings (SSSR count). The number of amides is 2. The van der Waals surface area contributed by atoms with Gasteiger partial charge in [-0.05, 0) is 72.1 Å². The lowest BCUT2D eigenvalue weighted by molar-refractivity contribution is -0.151. The molecular formula is C35H28N2O6. The first kappa shape index (κ1) is 27.5. The van der Waals surface area contributed by atoms with E-state index in [4.69, 9.17) is 14.2 Å². The summed E-state index contributed by atoms with van der Waals surface area (Å²) in [6.07, 6.45) is 0.0115. The molecule has 0 aliphatic carbocycles. The number of fused-ring (bicyclic) bond motifs is 1. The van der Waals surface area contributed by atoms with Gasteiger partial charge in [0.2, 0.25) is 5.91 Å². The summed E-state index contributed by atoms with van der Waals surface area (Å²) >= 11 is 0. The van der Waals surface area contributed by atoms with Crippen molar-refractivity contribution in [2.75, 3.05) is 23.4 Å². The van der Waals surface area contributed by atoms with E-state index in [-0.39, 0.29) is 18.9 Å². The molecule has 8 heteroatoms. The third-order valence-corrected chi connectivity index (χ3v) is 7.05. The minimum atomic E-state index is -0.665. The molecule has 5 aromatic rings. The number of carbonyl (C=O) groups is 3. The quantitative estimate of drug-likeness (QED) is 0.192. The Morgan fingerprint density at radius 3 is 2.16 bits per heavy atom. The number of rotatable bonds is 9. The summed E-state index contributed by atoms with van der Waals surface area (Å²) < 4.78 is 17.1. The third-order valence-electron chi connectivity index (χ3n) is 7.05. The van der Waals surface area contributed by atoms with E-state index in [2.05, 4.69) is 5.32 Å². The van der Waals surface area contributed by atoms with Crippen LogP contribution in [0.4, 0.5) is 11.4 Å². The van der Waals surface area contributed by atoms with E-state index < -0.39 is 24.4 Å². The van der Waals surface area contributed by atoms with Gasteiger partial charge in [-0.2, -0.15) is 0 Å². The standard InChI is InChI=1S/C35H28N2O6/c38-33(36-26-13-17-29(18-14-26)42-28-9-2-1-3-10-28)23-41-35(40)25-21-34(39)37(22-25)27-15-19-30(20-16-27)43-32-12-6-8-24-7-4-5-11-31(24)32/h1-20,25H,21-23H2,(H,36,38)/t25-/m1/s1. The summed E-state index contributed by atoms with van der Waals surface area (Å²) in [5.74, 6) is 0.780. The molecule has 0 saturated carbocycles. The molecular weight excluding hydrogens is 544 g/mol. The van der Waals surface area contributed by atoms with Crippen LogP contribution in [0.2, 0.25) is 0 Å². The number of hydrogen-bond donors (Lipinski definition) is 1. The van der Waals surface area contributed by atoms with E-state index in [0.717, 1.165) is 16.5 Å². The van der Waals surface area contributed by atoms with E-state index in [9.17, 15) is 14.4 Å². The third kappa shape index (κ3) is 6.65. The Hall–Kier alpha value is -5.63. The van der Waals surface area contributed by atoms with Crippen LogP contribution in [-0.4, -0.2) is 30.9 Å². The molecule has 2 amide bonds. The summed E-state index contributed by atoms with van der Waals surface area (Å²) in [7, 11) is 0. The molecule has 1 aliphatic rings. The first-order chi connectivity index (χ1) is 21.0. The van der Waals surface area contributed by atoms with E-state index in [0.29, 0.717) is 28.6 Å². The zero-order valence-corrected chi connectivity index (χ0v) is 23.1. The Balaban J connectivity index is 0.989. The van der Waals surface area contributed by atoms with Crippen molar-refractivity contribution in [2.45, 2.75) is 6.42 Å². The van der Waals surface area contributed by atoms with Crippen molar-refractivity contribution in [1.29, 1.82) is 0 Å². The average molecular weight is 573 g/mol. The first-order valence-corrected chi connectivity index (χ1v) is 13.9. The van der Waals surface area contributed by atoms with Gasteiger partial charge in [-0.25, -0.2) is 0 Å². The maximum Gasteiger partial charge on any atom is 0.311 e. The molecule has 0 bridgehead atoms. The van der Waals surface area contributed by atoms with Crippen LogP contribution in [0.25, 0.3) is 10.8 Å². The molecule has 0 spiro atoms. The van der Waals surface area contributed by atoms with Crippen molar-refractivity contribution in [3.05, 3.63) is 121 Å². The van der Waals surface area contributed by atoms with Crippen LogP contribution in [-0.2, 0) is 19.1 Å². The van der Waals surface area contributed by atoms with Gasteiger partial charge in [0.25, 0.3) is 5.91 Å². The molecule has 1 heterocycles. The Morgan fingerprint density at radius 1 is 0.721 bits per heavy atom. The minimum Gasteiger partial charge on any atom is -0.457 e. The highest BCUT2D eigenvalue weighted by atomic mass is 16.5. The van der Waals surface area contributed by atoms with Crippen LogP contribution in [0, 0.1) is 5.92 Å². The fourth-order valence-electron chi connectivity index (χ4n) is 4.90. The van der Waals surface area contributed by atoms with Crippen LogP contribution in [0.5, 0.6) is 23.0 Å². The number of nitrogens with one attached hydrogen (secondary N) is 1. The highest BCUT2D eigenvalue weighted by Gasteiger charge is 2.36. The van der Waals surface area contributed by atoms with Gasteiger partial charge in [-0.15, -0.1) is 0 Å². The zero-order chi connectivity index (χ0) is 29.6. The highest BCUT2D eigenvalue weighted by molar-refractivity contribution is 6.00. The van der Waals surface area contributed by atoms with Gasteiger partial charge in [-0.1, -0.05) is 54.6 Å². The Morgan fingerprint density at radius 2 is 1.37 bits per heavy atom. The largest absolute Gasteiger partial charge is 0.457 e. The Kier molecular flexibility index (Phi) is 7.99. The molecule has 5 aromatic carbocycles. The molecule has 1 atom stereocenters. The van der Waals surface area contributed by atoms with Crippen molar-refractivity contribution in [3.63, 3.8) is 0 Å². The second kappa shape index (κ2) is 12.5. The molecule has 8 nitrogen and oxygen atoms in total. The lowest BCUT2D eigenvalue weighted by atomic mass is 10.1. The molecule has 214 valence electrons. The molecule has 0 aromatic heterocycles. The van der Waals surface area contributed by atoms with Crippen LogP contribution in [0.3, 0.4) is 0 Å². The molecule has 0 unspecified atom stereocenters. The molecule has 0 radical (unpaired) electrons. The van der Waals surface area contributed by atoms with Crippen LogP contribution in [0.15, 0.2) is 121 Å². The summed E-state index contributed by atoms with van der Waals surface area (Å²) in [4.78, 5) is 39.4. The number of nitrogens with zero attached hydrogens (tertiary/aromatic N) is 1. The number of benzene rings is 5. The fourth-order valence-corrected chi connectivity index (χ4v) is 4.90. The summed E-state index contributed by atoms with van der Waals surface area (Å²) in [5.41, 5.74) is 1.19. The summed E-state index contributed by atoms with van der Waals surface area (Å²) in [6.45, 7) is -0.280. The normalized spacial score (nSPS) is 14.4. The number of anilines is 2. The topological polar surface area (TPSA) is 94.2 Å². The Bertz CT molecular complexity index is 1750. The highest BCUT2D eigenvalue weighted by Crippen LogP contribution is 2.32. The first-order valence-electron chi connectivity index (χ1n) is 13.9. The monoisotopic (exact) mass is 572 g/mol. The predicted molar refractivity (Wildman–Crippen MR) is 163 cm³/mol.